The fraction of sp³-hybridized carbons (Fsp3) is 0.273. The quantitative estimate of drug-likeness (QED) is 0.672. The molecule has 1 aromatic heterocycles. The van der Waals surface area contributed by atoms with Crippen molar-refractivity contribution in [2.24, 2.45) is 0 Å². The Morgan fingerprint density at radius 3 is 2.79 bits per heavy atom. The Bertz CT molecular complexity index is 713. The molecule has 2 aromatic rings. The van der Waals surface area contributed by atoms with Gasteiger partial charge in [0.1, 0.15) is 0 Å². The van der Waals surface area contributed by atoms with Crippen LogP contribution in [0.3, 0.4) is 0 Å². The normalized spacial score (nSPS) is 14.2. The number of fused-ring (bicyclic) bond motifs is 1. The highest BCUT2D eigenvalue weighted by atomic mass is 31.2. The van der Waals surface area contributed by atoms with Crippen molar-refractivity contribution < 1.29 is 13.6 Å². The van der Waals surface area contributed by atoms with Gasteiger partial charge in [-0.2, -0.15) is 0 Å². The van der Waals surface area contributed by atoms with Crippen molar-refractivity contribution >= 4 is 18.6 Å². The van der Waals surface area contributed by atoms with Gasteiger partial charge in [-0.25, -0.2) is 14.2 Å². The number of hydrogen-bond donors (Lipinski definition) is 1. The fourth-order valence-electron chi connectivity index (χ4n) is 1.61. The van der Waals surface area contributed by atoms with Crippen LogP contribution in [0.4, 0.5) is 0 Å². The van der Waals surface area contributed by atoms with E-state index in [1.165, 1.54) is 6.66 Å². The topological polar surface area (TPSA) is 96.4 Å². The van der Waals surface area contributed by atoms with Crippen LogP contribution in [0.2, 0.25) is 0 Å². The summed E-state index contributed by atoms with van der Waals surface area (Å²) in [6, 6.07) is 6.81. The maximum absolute atomic E-state index is 11.9. The van der Waals surface area contributed by atoms with Crippen molar-refractivity contribution in [2.75, 3.05) is 19.1 Å². The average molecular weight is 283 g/mol. The van der Waals surface area contributed by atoms with E-state index in [0.717, 1.165) is 4.68 Å². The van der Waals surface area contributed by atoms with Gasteiger partial charge in [-0.15, -0.1) is 0 Å². The lowest BCUT2D eigenvalue weighted by molar-refractivity contribution is 0.281. The van der Waals surface area contributed by atoms with Gasteiger partial charge in [-0.1, -0.05) is 12.1 Å². The Hall–Kier alpha value is -1.85. The first kappa shape index (κ1) is 13.6. The minimum absolute atomic E-state index is 0.207. The standard InChI is InChI=1S/C11H14N3O4P/c1-3-17-19(2,16)18-10-11(15)14(12)9-7-5-4-6-8(9)13-10/h4-7H,3,12H2,1-2H3. The number of rotatable bonds is 4. The number of nitrogen functional groups attached to an aromatic ring is 1. The average Bonchev–Trinajstić information content (AvgIpc) is 2.35. The molecule has 0 aliphatic heterocycles. The molecule has 0 spiro atoms. The van der Waals surface area contributed by atoms with E-state index in [-0.39, 0.29) is 12.5 Å². The maximum Gasteiger partial charge on any atom is 0.377 e. The molecule has 0 bridgehead atoms. The Labute approximate surface area is 109 Å². The second-order valence-corrected chi connectivity index (χ2v) is 5.84. The first-order chi connectivity index (χ1) is 8.94. The monoisotopic (exact) mass is 283 g/mol. The Balaban J connectivity index is 2.53. The highest BCUT2D eigenvalue weighted by Gasteiger charge is 2.22. The first-order valence-corrected chi connectivity index (χ1v) is 7.62. The Morgan fingerprint density at radius 2 is 2.11 bits per heavy atom. The number of para-hydroxylation sites is 2. The minimum atomic E-state index is -3.37. The van der Waals surface area contributed by atoms with Crippen LogP contribution in [-0.4, -0.2) is 22.9 Å². The zero-order valence-electron chi connectivity index (χ0n) is 10.6. The molecule has 8 heteroatoms. The van der Waals surface area contributed by atoms with Crippen LogP contribution in [0, 0.1) is 0 Å². The number of hydrogen-bond acceptors (Lipinski definition) is 6. The van der Waals surface area contributed by atoms with Gasteiger partial charge in [-0.05, 0) is 19.1 Å². The summed E-state index contributed by atoms with van der Waals surface area (Å²) in [4.78, 5) is 16.0. The van der Waals surface area contributed by atoms with Gasteiger partial charge < -0.3 is 14.9 Å². The maximum atomic E-state index is 11.9. The summed E-state index contributed by atoms with van der Waals surface area (Å²) in [5, 5.41) is 0. The van der Waals surface area contributed by atoms with Crippen molar-refractivity contribution in [1.82, 2.24) is 9.66 Å². The second kappa shape index (κ2) is 5.03. The molecule has 1 heterocycles. The molecule has 7 nitrogen and oxygen atoms in total. The molecule has 2 N–H and O–H groups in total. The van der Waals surface area contributed by atoms with Crippen LogP contribution >= 0.6 is 7.60 Å². The molecule has 0 fully saturated rings. The van der Waals surface area contributed by atoms with Crippen LogP contribution in [0.1, 0.15) is 6.92 Å². The van der Waals surface area contributed by atoms with Crippen molar-refractivity contribution in [3.8, 4) is 5.88 Å². The molecular weight excluding hydrogens is 269 g/mol. The van der Waals surface area contributed by atoms with Gasteiger partial charge >= 0.3 is 13.2 Å². The van der Waals surface area contributed by atoms with E-state index in [9.17, 15) is 9.36 Å². The number of benzene rings is 1. The van der Waals surface area contributed by atoms with Crippen molar-refractivity contribution in [2.45, 2.75) is 6.92 Å². The minimum Gasteiger partial charge on any atom is -0.400 e. The van der Waals surface area contributed by atoms with Gasteiger partial charge in [-0.3, -0.25) is 4.79 Å². The number of nitrogens with zero attached hydrogens (tertiary/aromatic N) is 2. The summed E-state index contributed by atoms with van der Waals surface area (Å²) in [6.07, 6.45) is 0. The molecular formula is C11H14N3O4P. The molecule has 0 aliphatic rings. The van der Waals surface area contributed by atoms with E-state index in [2.05, 4.69) is 4.98 Å². The molecule has 1 aromatic carbocycles. The van der Waals surface area contributed by atoms with E-state index in [1.807, 2.05) is 0 Å². The van der Waals surface area contributed by atoms with Crippen LogP contribution in [0.15, 0.2) is 29.1 Å². The predicted molar refractivity (Wildman–Crippen MR) is 71.9 cm³/mol. The third-order valence-corrected chi connectivity index (χ3v) is 3.61. The lowest BCUT2D eigenvalue weighted by atomic mass is 10.3. The van der Waals surface area contributed by atoms with Gasteiger partial charge in [0.15, 0.2) is 0 Å². The zero-order valence-corrected chi connectivity index (χ0v) is 11.5. The lowest BCUT2D eigenvalue weighted by Crippen LogP contribution is -2.29. The van der Waals surface area contributed by atoms with Crippen molar-refractivity contribution in [1.29, 1.82) is 0 Å². The molecule has 0 amide bonds. The summed E-state index contributed by atoms with van der Waals surface area (Å²) in [5.74, 6) is 5.33. The van der Waals surface area contributed by atoms with E-state index in [1.54, 1.807) is 31.2 Å². The van der Waals surface area contributed by atoms with Gasteiger partial charge in [0.05, 0.1) is 17.6 Å². The molecule has 19 heavy (non-hydrogen) atoms. The van der Waals surface area contributed by atoms with E-state index in [4.69, 9.17) is 14.9 Å². The molecule has 0 saturated heterocycles. The highest BCUT2D eigenvalue weighted by Crippen LogP contribution is 2.42. The third-order valence-electron chi connectivity index (χ3n) is 2.38. The summed E-state index contributed by atoms with van der Waals surface area (Å²) < 4.78 is 22.8. The first-order valence-electron chi connectivity index (χ1n) is 5.63. The molecule has 1 atom stereocenters. The summed E-state index contributed by atoms with van der Waals surface area (Å²) in [6.45, 7) is 3.15. The molecule has 102 valence electrons. The van der Waals surface area contributed by atoms with Gasteiger partial charge in [0, 0.05) is 6.66 Å². The predicted octanol–water partition coefficient (Wildman–Crippen LogP) is 1.35. The van der Waals surface area contributed by atoms with Crippen LogP contribution in [-0.2, 0) is 9.09 Å². The Kier molecular flexibility index (Phi) is 3.59. The van der Waals surface area contributed by atoms with E-state index >= 15 is 0 Å². The van der Waals surface area contributed by atoms with Crippen molar-refractivity contribution in [3.63, 3.8) is 0 Å². The second-order valence-electron chi connectivity index (χ2n) is 3.86. The summed E-state index contributed by atoms with van der Waals surface area (Å²) in [7, 11) is -3.37. The highest BCUT2D eigenvalue weighted by molar-refractivity contribution is 7.53. The molecule has 0 aliphatic carbocycles. The van der Waals surface area contributed by atoms with Crippen LogP contribution in [0.5, 0.6) is 5.88 Å². The van der Waals surface area contributed by atoms with Crippen molar-refractivity contribution in [3.05, 3.63) is 34.6 Å². The molecule has 2 rings (SSSR count). The summed E-state index contributed by atoms with van der Waals surface area (Å²) in [5.41, 5.74) is 0.263. The zero-order chi connectivity index (χ0) is 14.0. The number of nitrogens with two attached hydrogens (primary N) is 1. The van der Waals surface area contributed by atoms with E-state index < -0.39 is 13.2 Å². The molecule has 1 unspecified atom stereocenters. The van der Waals surface area contributed by atoms with E-state index in [0.29, 0.717) is 11.0 Å². The molecule has 0 radical (unpaired) electrons. The largest absolute Gasteiger partial charge is 0.400 e. The lowest BCUT2D eigenvalue weighted by Gasteiger charge is -2.14. The van der Waals surface area contributed by atoms with Gasteiger partial charge in [0.25, 0.3) is 5.88 Å². The fourth-order valence-corrected chi connectivity index (χ4v) is 2.56. The smallest absolute Gasteiger partial charge is 0.377 e. The Morgan fingerprint density at radius 1 is 1.42 bits per heavy atom. The SMILES string of the molecule is CCOP(C)(=O)Oc1nc2ccccc2n(N)c1=O. The molecule has 0 saturated carbocycles. The summed E-state index contributed by atoms with van der Waals surface area (Å²) >= 11 is 0. The van der Waals surface area contributed by atoms with Crippen LogP contribution < -0.4 is 15.9 Å². The van der Waals surface area contributed by atoms with Crippen LogP contribution in [0.25, 0.3) is 11.0 Å². The van der Waals surface area contributed by atoms with Gasteiger partial charge in [0.2, 0.25) is 0 Å². The third kappa shape index (κ3) is 2.77. The number of aromatic nitrogens is 2.